The van der Waals surface area contributed by atoms with E-state index in [1.54, 1.807) is 0 Å². The lowest BCUT2D eigenvalue weighted by Crippen LogP contribution is -2.50. The van der Waals surface area contributed by atoms with Gasteiger partial charge in [0.1, 0.15) is 5.37 Å². The van der Waals surface area contributed by atoms with E-state index in [2.05, 4.69) is 5.32 Å². The molecule has 6 nitrogen and oxygen atoms in total. The SMILES string of the molecule is CCCNCCCS(=O)(=O)N1CCSCC1S(C)(=O)=O. The maximum Gasteiger partial charge on any atom is 0.215 e. The molecule has 0 aromatic carbocycles. The first-order valence-electron chi connectivity index (χ1n) is 6.76. The number of nitrogens with zero attached hydrogens (tertiary/aromatic N) is 1. The first-order chi connectivity index (χ1) is 9.29. The van der Waals surface area contributed by atoms with Gasteiger partial charge >= 0.3 is 0 Å². The van der Waals surface area contributed by atoms with Crippen LogP contribution in [0.1, 0.15) is 19.8 Å². The molecule has 0 amide bonds. The Morgan fingerprint density at radius 2 is 1.95 bits per heavy atom. The lowest BCUT2D eigenvalue weighted by atomic mass is 10.4. The van der Waals surface area contributed by atoms with E-state index in [9.17, 15) is 16.8 Å². The average Bonchev–Trinajstić information content (AvgIpc) is 2.37. The first kappa shape index (κ1) is 18.2. The second-order valence-electron chi connectivity index (χ2n) is 4.89. The fourth-order valence-corrected chi connectivity index (χ4v) is 7.32. The molecular formula is C11H24N2O4S3. The summed E-state index contributed by atoms with van der Waals surface area (Å²) >= 11 is 1.49. The van der Waals surface area contributed by atoms with Crippen molar-refractivity contribution < 1.29 is 16.8 Å². The quantitative estimate of drug-likeness (QED) is 0.630. The minimum absolute atomic E-state index is 0.000398. The van der Waals surface area contributed by atoms with Crippen LogP contribution >= 0.6 is 11.8 Å². The second kappa shape index (κ2) is 7.98. The number of thioether (sulfide) groups is 1. The number of nitrogens with one attached hydrogen (secondary N) is 1. The molecule has 1 unspecified atom stereocenters. The Kier molecular flexibility index (Phi) is 7.27. The molecule has 0 aliphatic carbocycles. The predicted molar refractivity (Wildman–Crippen MR) is 84.2 cm³/mol. The lowest BCUT2D eigenvalue weighted by molar-refractivity contribution is 0.404. The lowest BCUT2D eigenvalue weighted by Gasteiger charge is -2.33. The van der Waals surface area contributed by atoms with Gasteiger partial charge in [0.05, 0.1) is 5.75 Å². The number of hydrogen-bond donors (Lipinski definition) is 1. The number of sulfone groups is 1. The Balaban J connectivity index is 2.64. The van der Waals surface area contributed by atoms with Crippen molar-refractivity contribution in [1.82, 2.24) is 9.62 Å². The maximum atomic E-state index is 12.3. The van der Waals surface area contributed by atoms with Gasteiger partial charge in [0, 0.05) is 24.3 Å². The molecule has 1 atom stereocenters. The average molecular weight is 345 g/mol. The van der Waals surface area contributed by atoms with E-state index in [1.807, 2.05) is 6.92 Å². The Morgan fingerprint density at radius 3 is 2.55 bits per heavy atom. The summed E-state index contributed by atoms with van der Waals surface area (Å²) in [6.07, 6.45) is 2.61. The van der Waals surface area contributed by atoms with Gasteiger partial charge < -0.3 is 5.32 Å². The smallest absolute Gasteiger partial charge is 0.215 e. The second-order valence-corrected chi connectivity index (χ2v) is 10.3. The molecule has 1 heterocycles. The van der Waals surface area contributed by atoms with E-state index < -0.39 is 25.2 Å². The Hall–Kier alpha value is 0.170. The van der Waals surface area contributed by atoms with Gasteiger partial charge in [-0.05, 0) is 25.9 Å². The molecule has 1 fully saturated rings. The summed E-state index contributed by atoms with van der Waals surface area (Å²) in [6, 6.07) is 0. The van der Waals surface area contributed by atoms with E-state index >= 15 is 0 Å². The van der Waals surface area contributed by atoms with E-state index in [0.29, 0.717) is 24.5 Å². The molecule has 0 saturated carbocycles. The van der Waals surface area contributed by atoms with E-state index in [1.165, 1.54) is 16.1 Å². The zero-order valence-corrected chi connectivity index (χ0v) is 14.5. The van der Waals surface area contributed by atoms with Gasteiger partial charge in [0.15, 0.2) is 9.84 Å². The zero-order valence-electron chi connectivity index (χ0n) is 12.0. The zero-order chi connectivity index (χ0) is 15.2. The van der Waals surface area contributed by atoms with Crippen molar-refractivity contribution in [2.24, 2.45) is 0 Å². The molecule has 0 radical (unpaired) electrons. The van der Waals surface area contributed by atoms with Crippen molar-refractivity contribution in [2.45, 2.75) is 25.1 Å². The van der Waals surface area contributed by atoms with E-state index in [0.717, 1.165) is 19.2 Å². The monoisotopic (exact) mass is 344 g/mol. The van der Waals surface area contributed by atoms with Crippen molar-refractivity contribution in [3.8, 4) is 0 Å². The molecule has 0 aromatic rings. The van der Waals surface area contributed by atoms with Crippen molar-refractivity contribution in [2.75, 3.05) is 43.1 Å². The van der Waals surface area contributed by atoms with Gasteiger partial charge in [-0.2, -0.15) is 16.1 Å². The van der Waals surface area contributed by atoms with Gasteiger partial charge in [-0.1, -0.05) is 6.92 Å². The van der Waals surface area contributed by atoms with Gasteiger partial charge in [-0.3, -0.25) is 0 Å². The molecular weight excluding hydrogens is 320 g/mol. The van der Waals surface area contributed by atoms with Gasteiger partial charge in [-0.25, -0.2) is 16.8 Å². The highest BCUT2D eigenvalue weighted by atomic mass is 32.2. The van der Waals surface area contributed by atoms with Crippen LogP contribution in [0.4, 0.5) is 0 Å². The summed E-state index contributed by atoms with van der Waals surface area (Å²) in [7, 11) is -6.89. The van der Waals surface area contributed by atoms with Crippen LogP contribution in [-0.2, 0) is 19.9 Å². The largest absolute Gasteiger partial charge is 0.317 e. The highest BCUT2D eigenvalue weighted by molar-refractivity contribution is 8.01. The summed E-state index contributed by atoms with van der Waals surface area (Å²) in [5.74, 6) is 0.978. The molecule has 120 valence electrons. The van der Waals surface area contributed by atoms with Crippen LogP contribution in [0.2, 0.25) is 0 Å². The third-order valence-corrected chi connectivity index (χ3v) is 7.80. The van der Waals surface area contributed by atoms with Crippen LogP contribution in [0.25, 0.3) is 0 Å². The van der Waals surface area contributed by atoms with Crippen molar-refractivity contribution in [1.29, 1.82) is 0 Å². The minimum Gasteiger partial charge on any atom is -0.317 e. The minimum atomic E-state index is -3.50. The van der Waals surface area contributed by atoms with E-state index in [4.69, 9.17) is 0 Å². The van der Waals surface area contributed by atoms with Gasteiger partial charge in [0.25, 0.3) is 0 Å². The molecule has 1 aliphatic heterocycles. The standard InChI is InChI=1S/C11H24N2O4S3/c1-3-5-12-6-4-9-20(16,17)13-7-8-18-10-11(13)19(2,14)15/h11-12H,3-10H2,1-2H3. The summed E-state index contributed by atoms with van der Waals surface area (Å²) in [5, 5.41) is 2.24. The van der Waals surface area contributed by atoms with Crippen LogP contribution in [0.15, 0.2) is 0 Å². The highest BCUT2D eigenvalue weighted by Gasteiger charge is 2.38. The van der Waals surface area contributed by atoms with Crippen LogP contribution < -0.4 is 5.32 Å². The highest BCUT2D eigenvalue weighted by Crippen LogP contribution is 2.23. The van der Waals surface area contributed by atoms with Gasteiger partial charge in [0.2, 0.25) is 10.0 Å². The molecule has 0 bridgehead atoms. The summed E-state index contributed by atoms with van der Waals surface area (Å²) in [4.78, 5) is 0. The van der Waals surface area contributed by atoms with Crippen LogP contribution in [0.5, 0.6) is 0 Å². The fourth-order valence-electron chi connectivity index (χ4n) is 2.02. The Bertz CT molecular complexity index is 490. The number of sulfonamides is 1. The van der Waals surface area contributed by atoms with Crippen LogP contribution in [-0.4, -0.2) is 69.7 Å². The molecule has 0 aromatic heterocycles. The van der Waals surface area contributed by atoms with Crippen molar-refractivity contribution in [3.63, 3.8) is 0 Å². The number of hydrogen-bond acceptors (Lipinski definition) is 6. The maximum absolute atomic E-state index is 12.3. The molecule has 0 spiro atoms. The molecule has 1 saturated heterocycles. The topological polar surface area (TPSA) is 83.6 Å². The van der Waals surface area contributed by atoms with Crippen molar-refractivity contribution in [3.05, 3.63) is 0 Å². The van der Waals surface area contributed by atoms with Crippen LogP contribution in [0.3, 0.4) is 0 Å². The molecule has 1 aliphatic rings. The Morgan fingerprint density at radius 1 is 1.25 bits per heavy atom. The molecule has 9 heteroatoms. The third kappa shape index (κ3) is 5.51. The van der Waals surface area contributed by atoms with Crippen LogP contribution in [0, 0.1) is 0 Å². The normalized spacial score (nSPS) is 22.0. The summed E-state index contributed by atoms with van der Waals surface area (Å²) in [6.45, 7) is 3.84. The molecule has 20 heavy (non-hydrogen) atoms. The molecule has 1 N–H and O–H groups in total. The van der Waals surface area contributed by atoms with E-state index in [-0.39, 0.29) is 12.3 Å². The molecule has 1 rings (SSSR count). The fraction of sp³-hybridized carbons (Fsp3) is 1.00. The van der Waals surface area contributed by atoms with Crippen molar-refractivity contribution >= 4 is 31.6 Å². The number of rotatable bonds is 8. The van der Waals surface area contributed by atoms with Gasteiger partial charge in [-0.15, -0.1) is 0 Å². The predicted octanol–water partition coefficient (Wildman–Crippen LogP) is 0.125. The third-order valence-electron chi connectivity index (χ3n) is 3.07. The first-order valence-corrected chi connectivity index (χ1v) is 11.5. The Labute approximate surface area is 126 Å². The summed E-state index contributed by atoms with van der Waals surface area (Å²) in [5.41, 5.74) is 0. The summed E-state index contributed by atoms with van der Waals surface area (Å²) < 4.78 is 49.2.